The van der Waals surface area contributed by atoms with E-state index in [9.17, 15) is 18.0 Å². The van der Waals surface area contributed by atoms with E-state index in [2.05, 4.69) is 9.72 Å². The fourth-order valence-corrected chi connectivity index (χ4v) is 1.46. The van der Waals surface area contributed by atoms with Crippen LogP contribution in [0.25, 0.3) is 0 Å². The smallest absolute Gasteiger partial charge is 0.481 e. The van der Waals surface area contributed by atoms with E-state index in [0.29, 0.717) is 5.56 Å². The number of aromatic nitrogens is 1. The van der Waals surface area contributed by atoms with Gasteiger partial charge >= 0.3 is 12.3 Å². The van der Waals surface area contributed by atoms with Crippen LogP contribution in [0.5, 0.6) is 5.75 Å². The molecule has 1 heterocycles. The first-order valence-corrected chi connectivity index (χ1v) is 4.89. The molecule has 0 saturated heterocycles. The molecule has 100 valence electrons. The van der Waals surface area contributed by atoms with Gasteiger partial charge in [-0.2, -0.15) is 0 Å². The fourth-order valence-electron chi connectivity index (χ4n) is 1.46. The van der Waals surface area contributed by atoms with Gasteiger partial charge in [0.25, 0.3) is 0 Å². The Morgan fingerprint density at radius 2 is 2.17 bits per heavy atom. The summed E-state index contributed by atoms with van der Waals surface area (Å²) in [5.41, 5.74) is 5.90. The molecule has 3 N–H and O–H groups in total. The van der Waals surface area contributed by atoms with Gasteiger partial charge in [0.1, 0.15) is 0 Å². The van der Waals surface area contributed by atoms with Crippen molar-refractivity contribution >= 4 is 5.97 Å². The zero-order valence-corrected chi connectivity index (χ0v) is 9.41. The van der Waals surface area contributed by atoms with Gasteiger partial charge in [-0.1, -0.05) is 0 Å². The number of alkyl halides is 3. The second-order valence-electron chi connectivity index (χ2n) is 3.50. The van der Waals surface area contributed by atoms with E-state index in [0.717, 1.165) is 6.20 Å². The molecule has 1 aromatic heterocycles. The van der Waals surface area contributed by atoms with Crippen LogP contribution >= 0.6 is 0 Å². The van der Waals surface area contributed by atoms with Gasteiger partial charge in [-0.15, -0.1) is 13.2 Å². The van der Waals surface area contributed by atoms with Crippen LogP contribution in [0.4, 0.5) is 13.2 Å². The highest BCUT2D eigenvalue weighted by molar-refractivity contribution is 5.70. The molecule has 0 fully saturated rings. The van der Waals surface area contributed by atoms with Crippen molar-refractivity contribution < 1.29 is 27.8 Å². The zero-order chi connectivity index (χ0) is 13.9. The van der Waals surface area contributed by atoms with Crippen LogP contribution in [0.2, 0.25) is 0 Å². The lowest BCUT2D eigenvalue weighted by atomic mass is 10.1. The van der Waals surface area contributed by atoms with Gasteiger partial charge in [-0.3, -0.25) is 9.78 Å². The topological polar surface area (TPSA) is 85.4 Å². The zero-order valence-electron chi connectivity index (χ0n) is 9.41. The Labute approximate surface area is 100 Å². The van der Waals surface area contributed by atoms with Crippen molar-refractivity contribution in [2.75, 3.05) is 0 Å². The number of carbonyl (C=O) groups is 1. The average Bonchev–Trinajstić information content (AvgIpc) is 2.20. The van der Waals surface area contributed by atoms with Gasteiger partial charge in [0, 0.05) is 12.1 Å². The van der Waals surface area contributed by atoms with Crippen LogP contribution < -0.4 is 10.5 Å². The summed E-state index contributed by atoms with van der Waals surface area (Å²) in [6, 6.07) is 0. The Balaban J connectivity index is 3.16. The second-order valence-corrected chi connectivity index (χ2v) is 3.50. The summed E-state index contributed by atoms with van der Waals surface area (Å²) >= 11 is 0. The summed E-state index contributed by atoms with van der Waals surface area (Å²) in [6.07, 6.45) is -4.39. The summed E-state index contributed by atoms with van der Waals surface area (Å²) in [5.74, 6) is -1.63. The van der Waals surface area contributed by atoms with Crippen molar-refractivity contribution in [1.82, 2.24) is 4.98 Å². The number of hydrogen-bond donors (Lipinski definition) is 2. The van der Waals surface area contributed by atoms with E-state index in [1.165, 1.54) is 6.92 Å². The Hall–Kier alpha value is -1.83. The number of aliphatic carboxylic acids is 1. The van der Waals surface area contributed by atoms with Crippen molar-refractivity contribution in [2.24, 2.45) is 5.73 Å². The van der Waals surface area contributed by atoms with E-state index in [4.69, 9.17) is 10.8 Å². The number of carboxylic acids is 1. The van der Waals surface area contributed by atoms with Gasteiger partial charge in [-0.05, 0) is 12.5 Å². The van der Waals surface area contributed by atoms with Crippen molar-refractivity contribution in [3.05, 3.63) is 23.0 Å². The van der Waals surface area contributed by atoms with Crippen molar-refractivity contribution in [2.45, 2.75) is 26.3 Å². The summed E-state index contributed by atoms with van der Waals surface area (Å²) in [4.78, 5) is 14.2. The first-order valence-electron chi connectivity index (χ1n) is 4.89. The van der Waals surface area contributed by atoms with Crippen molar-refractivity contribution in [3.8, 4) is 5.75 Å². The Bertz CT molecular complexity index is 460. The summed E-state index contributed by atoms with van der Waals surface area (Å²) in [7, 11) is 0. The lowest BCUT2D eigenvalue weighted by Gasteiger charge is -2.15. The number of hydrogen-bond acceptors (Lipinski definition) is 4. The quantitative estimate of drug-likeness (QED) is 0.857. The van der Waals surface area contributed by atoms with Crippen LogP contribution in [0.15, 0.2) is 6.20 Å². The van der Waals surface area contributed by atoms with Gasteiger partial charge in [0.15, 0.2) is 5.75 Å². The van der Waals surface area contributed by atoms with Crippen LogP contribution in [0, 0.1) is 6.92 Å². The normalized spacial score (nSPS) is 11.4. The Morgan fingerprint density at radius 1 is 1.56 bits per heavy atom. The molecule has 5 nitrogen and oxygen atoms in total. The van der Waals surface area contributed by atoms with Gasteiger partial charge < -0.3 is 15.6 Å². The van der Waals surface area contributed by atoms with Gasteiger partial charge in [-0.25, -0.2) is 0 Å². The standard InChI is InChI=1S/C10H11F3N2O3/c1-5-6(3-14)8(18-10(11,12)13)4-15-7(5)2-9(16)17/h4H,2-3,14H2,1H3,(H,16,17). The number of halogens is 3. The van der Waals surface area contributed by atoms with Crippen LogP contribution in [-0.2, 0) is 17.8 Å². The highest BCUT2D eigenvalue weighted by atomic mass is 19.4. The van der Waals surface area contributed by atoms with Crippen LogP contribution in [-0.4, -0.2) is 22.4 Å². The lowest BCUT2D eigenvalue weighted by Crippen LogP contribution is -2.20. The highest BCUT2D eigenvalue weighted by Gasteiger charge is 2.32. The first kappa shape index (κ1) is 14.2. The van der Waals surface area contributed by atoms with E-state index in [1.807, 2.05) is 0 Å². The molecule has 18 heavy (non-hydrogen) atoms. The monoisotopic (exact) mass is 264 g/mol. The maximum absolute atomic E-state index is 12.1. The van der Waals surface area contributed by atoms with Crippen LogP contribution in [0.1, 0.15) is 16.8 Å². The average molecular weight is 264 g/mol. The molecule has 0 aliphatic carbocycles. The predicted molar refractivity (Wildman–Crippen MR) is 54.9 cm³/mol. The summed E-state index contributed by atoms with van der Waals surface area (Å²) in [6.45, 7) is 1.25. The SMILES string of the molecule is Cc1c(CC(=O)O)ncc(OC(F)(F)F)c1CN. The van der Waals surface area contributed by atoms with E-state index in [1.54, 1.807) is 0 Å². The number of ether oxygens (including phenoxy) is 1. The van der Waals surface area contributed by atoms with Gasteiger partial charge in [0.2, 0.25) is 0 Å². The molecule has 0 aliphatic heterocycles. The summed E-state index contributed by atoms with van der Waals surface area (Å²) < 4.78 is 40.1. The number of carboxylic acid groups (broad SMARTS) is 1. The minimum absolute atomic E-state index is 0.0959. The number of rotatable bonds is 4. The van der Waals surface area contributed by atoms with E-state index >= 15 is 0 Å². The minimum atomic E-state index is -4.84. The molecule has 0 atom stereocenters. The third-order valence-corrected chi connectivity index (χ3v) is 2.27. The molecule has 0 spiro atoms. The molecule has 0 unspecified atom stereocenters. The molecule has 1 rings (SSSR count). The summed E-state index contributed by atoms with van der Waals surface area (Å²) in [5, 5.41) is 8.63. The van der Waals surface area contributed by atoms with E-state index < -0.39 is 18.1 Å². The third kappa shape index (κ3) is 3.59. The largest absolute Gasteiger partial charge is 0.573 e. The van der Waals surface area contributed by atoms with Crippen molar-refractivity contribution in [1.29, 1.82) is 0 Å². The van der Waals surface area contributed by atoms with Gasteiger partial charge in [0.05, 0.1) is 18.3 Å². The lowest BCUT2D eigenvalue weighted by molar-refractivity contribution is -0.275. The molecule has 0 aliphatic rings. The third-order valence-electron chi connectivity index (χ3n) is 2.27. The number of pyridine rings is 1. The first-order chi connectivity index (χ1) is 8.24. The highest BCUT2D eigenvalue weighted by Crippen LogP contribution is 2.28. The molecule has 0 radical (unpaired) electrons. The molecular weight excluding hydrogens is 253 g/mol. The molecular formula is C10H11F3N2O3. The fraction of sp³-hybridized carbons (Fsp3) is 0.400. The molecule has 8 heteroatoms. The second kappa shape index (κ2) is 5.21. The Kier molecular flexibility index (Phi) is 4.12. The molecule has 0 amide bonds. The molecule has 0 bridgehead atoms. The number of nitrogens with two attached hydrogens (primary N) is 1. The minimum Gasteiger partial charge on any atom is -0.481 e. The van der Waals surface area contributed by atoms with Crippen molar-refractivity contribution in [3.63, 3.8) is 0 Å². The maximum Gasteiger partial charge on any atom is 0.573 e. The molecule has 0 aromatic carbocycles. The van der Waals surface area contributed by atoms with E-state index in [-0.39, 0.29) is 24.2 Å². The molecule has 0 saturated carbocycles. The predicted octanol–water partition coefficient (Wildman–Crippen LogP) is 1.37. The van der Waals surface area contributed by atoms with Crippen LogP contribution in [0.3, 0.4) is 0 Å². The number of nitrogens with zero attached hydrogens (tertiary/aromatic N) is 1. The maximum atomic E-state index is 12.1. The Morgan fingerprint density at radius 3 is 2.61 bits per heavy atom. The molecule has 1 aromatic rings.